The highest BCUT2D eigenvalue weighted by atomic mass is 19.1. The number of hydrogen-bond acceptors (Lipinski definition) is 2. The first-order valence-corrected chi connectivity index (χ1v) is 6.72. The predicted molar refractivity (Wildman–Crippen MR) is 77.2 cm³/mol. The SMILES string of the molecule is Nc1cccc2c1CCCN2C(=O)c1ccc(F)cc1F. The van der Waals surface area contributed by atoms with Crippen molar-refractivity contribution in [1.82, 2.24) is 0 Å². The van der Waals surface area contributed by atoms with E-state index in [1.54, 1.807) is 18.2 Å². The summed E-state index contributed by atoms with van der Waals surface area (Å²) in [6.45, 7) is 0.492. The Morgan fingerprint density at radius 2 is 2.00 bits per heavy atom. The number of hydrogen-bond donors (Lipinski definition) is 1. The summed E-state index contributed by atoms with van der Waals surface area (Å²) in [6, 6.07) is 8.32. The maximum atomic E-state index is 13.8. The normalized spacial score (nSPS) is 13.9. The number of amides is 1. The van der Waals surface area contributed by atoms with E-state index in [9.17, 15) is 13.6 Å². The van der Waals surface area contributed by atoms with E-state index >= 15 is 0 Å². The molecule has 0 saturated heterocycles. The minimum absolute atomic E-state index is 0.133. The largest absolute Gasteiger partial charge is 0.398 e. The van der Waals surface area contributed by atoms with Crippen LogP contribution >= 0.6 is 0 Å². The van der Waals surface area contributed by atoms with E-state index in [1.165, 1.54) is 11.0 Å². The van der Waals surface area contributed by atoms with Crippen molar-refractivity contribution >= 4 is 17.3 Å². The van der Waals surface area contributed by atoms with Crippen LogP contribution in [0.2, 0.25) is 0 Å². The number of rotatable bonds is 1. The van der Waals surface area contributed by atoms with Crippen molar-refractivity contribution in [3.05, 3.63) is 59.2 Å². The number of nitrogens with zero attached hydrogens (tertiary/aromatic N) is 1. The van der Waals surface area contributed by atoms with Crippen LogP contribution in [-0.4, -0.2) is 12.5 Å². The van der Waals surface area contributed by atoms with Crippen LogP contribution in [0.3, 0.4) is 0 Å². The highest BCUT2D eigenvalue weighted by Crippen LogP contribution is 2.32. The van der Waals surface area contributed by atoms with Crippen LogP contribution in [-0.2, 0) is 6.42 Å². The zero-order valence-corrected chi connectivity index (χ0v) is 11.3. The maximum Gasteiger partial charge on any atom is 0.261 e. The van der Waals surface area contributed by atoms with Gasteiger partial charge in [-0.2, -0.15) is 0 Å². The first-order valence-electron chi connectivity index (χ1n) is 6.72. The van der Waals surface area contributed by atoms with Crippen LogP contribution in [0, 0.1) is 11.6 Å². The van der Waals surface area contributed by atoms with Crippen molar-refractivity contribution in [1.29, 1.82) is 0 Å². The summed E-state index contributed by atoms with van der Waals surface area (Å²) in [5, 5.41) is 0. The third-order valence-electron chi connectivity index (χ3n) is 3.69. The number of carbonyl (C=O) groups excluding carboxylic acids is 1. The van der Waals surface area contributed by atoms with Crippen LogP contribution in [0.15, 0.2) is 36.4 Å². The quantitative estimate of drug-likeness (QED) is 0.819. The summed E-state index contributed by atoms with van der Waals surface area (Å²) in [7, 11) is 0. The predicted octanol–water partition coefficient (Wildman–Crippen LogP) is 3.14. The molecule has 21 heavy (non-hydrogen) atoms. The van der Waals surface area contributed by atoms with Gasteiger partial charge in [-0.05, 0) is 42.7 Å². The zero-order chi connectivity index (χ0) is 15.0. The molecule has 1 aliphatic heterocycles. The standard InChI is InChI=1S/C16H14F2N2O/c17-10-6-7-11(13(18)9-10)16(21)20-8-2-3-12-14(19)4-1-5-15(12)20/h1,4-7,9H,2-3,8,19H2. The second kappa shape index (κ2) is 5.16. The van der Waals surface area contributed by atoms with E-state index in [2.05, 4.69) is 0 Å². The summed E-state index contributed by atoms with van der Waals surface area (Å²) in [4.78, 5) is 14.0. The molecule has 2 aromatic rings. The Bertz CT molecular complexity index is 715. The maximum absolute atomic E-state index is 13.8. The number of fused-ring (bicyclic) bond motifs is 1. The highest BCUT2D eigenvalue weighted by molar-refractivity contribution is 6.07. The number of anilines is 2. The van der Waals surface area contributed by atoms with Gasteiger partial charge in [-0.25, -0.2) is 8.78 Å². The summed E-state index contributed by atoms with van der Waals surface area (Å²) in [5.74, 6) is -2.03. The Labute approximate surface area is 121 Å². The molecule has 3 nitrogen and oxygen atoms in total. The van der Waals surface area contributed by atoms with Gasteiger partial charge in [0.2, 0.25) is 0 Å². The minimum atomic E-state index is -0.851. The van der Waals surface area contributed by atoms with Crippen molar-refractivity contribution in [2.75, 3.05) is 17.2 Å². The van der Waals surface area contributed by atoms with E-state index in [4.69, 9.17) is 5.73 Å². The molecule has 0 aromatic heterocycles. The molecule has 1 amide bonds. The number of benzene rings is 2. The van der Waals surface area contributed by atoms with E-state index in [-0.39, 0.29) is 5.56 Å². The van der Waals surface area contributed by atoms with Crippen LogP contribution in [0.5, 0.6) is 0 Å². The van der Waals surface area contributed by atoms with E-state index in [0.29, 0.717) is 17.9 Å². The molecule has 108 valence electrons. The Hall–Kier alpha value is -2.43. The number of nitrogens with two attached hydrogens (primary N) is 1. The van der Waals surface area contributed by atoms with Gasteiger partial charge in [-0.3, -0.25) is 4.79 Å². The summed E-state index contributed by atoms with van der Waals surface area (Å²) >= 11 is 0. The Morgan fingerprint density at radius 1 is 1.19 bits per heavy atom. The molecular formula is C16H14F2N2O. The molecule has 2 N–H and O–H groups in total. The van der Waals surface area contributed by atoms with Crippen LogP contribution in [0.1, 0.15) is 22.3 Å². The lowest BCUT2D eigenvalue weighted by Gasteiger charge is -2.30. The molecule has 1 aliphatic rings. The summed E-state index contributed by atoms with van der Waals surface area (Å²) in [5.41, 5.74) is 8.03. The van der Waals surface area contributed by atoms with E-state index in [0.717, 1.165) is 30.5 Å². The zero-order valence-electron chi connectivity index (χ0n) is 11.3. The third kappa shape index (κ3) is 2.35. The summed E-state index contributed by atoms with van der Waals surface area (Å²) in [6.07, 6.45) is 1.55. The lowest BCUT2D eigenvalue weighted by molar-refractivity contribution is 0.0981. The average Bonchev–Trinajstić information content (AvgIpc) is 2.46. The van der Waals surface area contributed by atoms with Crippen molar-refractivity contribution in [2.24, 2.45) is 0 Å². The van der Waals surface area contributed by atoms with Gasteiger partial charge in [0.1, 0.15) is 11.6 Å². The molecule has 0 saturated carbocycles. The topological polar surface area (TPSA) is 46.3 Å². The number of carbonyl (C=O) groups is 1. The van der Waals surface area contributed by atoms with Crippen LogP contribution in [0.4, 0.5) is 20.2 Å². The molecule has 2 aromatic carbocycles. The Balaban J connectivity index is 2.02. The molecule has 0 unspecified atom stereocenters. The van der Waals surface area contributed by atoms with Crippen molar-refractivity contribution in [3.8, 4) is 0 Å². The lowest BCUT2D eigenvalue weighted by Crippen LogP contribution is -2.36. The lowest BCUT2D eigenvalue weighted by atomic mass is 9.99. The van der Waals surface area contributed by atoms with Gasteiger partial charge < -0.3 is 10.6 Å². The molecule has 5 heteroatoms. The number of nitrogen functional groups attached to an aromatic ring is 1. The minimum Gasteiger partial charge on any atom is -0.398 e. The van der Waals surface area contributed by atoms with Crippen LogP contribution in [0.25, 0.3) is 0 Å². The first kappa shape index (κ1) is 13.5. The summed E-state index contributed by atoms with van der Waals surface area (Å²) < 4.78 is 26.8. The van der Waals surface area contributed by atoms with Gasteiger partial charge in [-0.15, -0.1) is 0 Å². The Kier molecular flexibility index (Phi) is 3.33. The van der Waals surface area contributed by atoms with E-state index < -0.39 is 17.5 Å². The smallest absolute Gasteiger partial charge is 0.261 e. The highest BCUT2D eigenvalue weighted by Gasteiger charge is 2.26. The average molecular weight is 288 g/mol. The van der Waals surface area contributed by atoms with Crippen molar-refractivity contribution < 1.29 is 13.6 Å². The molecule has 3 rings (SSSR count). The Morgan fingerprint density at radius 3 is 2.76 bits per heavy atom. The monoisotopic (exact) mass is 288 g/mol. The molecule has 0 atom stereocenters. The molecular weight excluding hydrogens is 274 g/mol. The van der Waals surface area contributed by atoms with Crippen molar-refractivity contribution in [2.45, 2.75) is 12.8 Å². The van der Waals surface area contributed by atoms with Crippen molar-refractivity contribution in [3.63, 3.8) is 0 Å². The van der Waals surface area contributed by atoms with Gasteiger partial charge in [0.25, 0.3) is 5.91 Å². The molecule has 1 heterocycles. The third-order valence-corrected chi connectivity index (χ3v) is 3.69. The first-order chi connectivity index (χ1) is 10.1. The second-order valence-corrected chi connectivity index (χ2v) is 5.03. The fraction of sp³-hybridized carbons (Fsp3) is 0.188. The van der Waals surface area contributed by atoms with Gasteiger partial charge in [0, 0.05) is 24.0 Å². The fourth-order valence-electron chi connectivity index (χ4n) is 2.67. The molecule has 0 radical (unpaired) electrons. The molecule has 0 aliphatic carbocycles. The van der Waals surface area contributed by atoms with Gasteiger partial charge in [0.05, 0.1) is 5.56 Å². The molecule has 0 spiro atoms. The second-order valence-electron chi connectivity index (χ2n) is 5.03. The fourth-order valence-corrected chi connectivity index (χ4v) is 2.67. The molecule has 0 fully saturated rings. The van der Waals surface area contributed by atoms with Gasteiger partial charge in [-0.1, -0.05) is 6.07 Å². The van der Waals surface area contributed by atoms with Gasteiger partial charge >= 0.3 is 0 Å². The van der Waals surface area contributed by atoms with Gasteiger partial charge in [0.15, 0.2) is 0 Å². The number of halogens is 2. The van der Waals surface area contributed by atoms with E-state index in [1.807, 2.05) is 0 Å². The van der Waals surface area contributed by atoms with Crippen LogP contribution < -0.4 is 10.6 Å². The molecule has 0 bridgehead atoms.